The summed E-state index contributed by atoms with van der Waals surface area (Å²) >= 11 is 3.21. The first-order valence-electron chi connectivity index (χ1n) is 5.31. The fraction of sp³-hybridized carbons (Fsp3) is 0.800. The number of carboxylic acid groups (broad SMARTS) is 2. The van der Waals surface area contributed by atoms with Crippen molar-refractivity contribution in [2.24, 2.45) is 11.5 Å². The predicted octanol–water partition coefficient (Wildman–Crippen LogP) is 0.303. The molecule has 0 rings (SSSR count). The summed E-state index contributed by atoms with van der Waals surface area (Å²) in [6.07, 6.45) is 4.95. The molecule has 0 heterocycles. The van der Waals surface area contributed by atoms with E-state index >= 15 is 0 Å². The molecule has 0 fully saturated rings. The van der Waals surface area contributed by atoms with Crippen LogP contribution >= 0.6 is 23.5 Å². The number of aliphatic carboxylic acids is 2. The van der Waals surface area contributed by atoms with Crippen LogP contribution in [0, 0.1) is 0 Å². The van der Waals surface area contributed by atoms with E-state index in [4.69, 9.17) is 21.7 Å². The van der Waals surface area contributed by atoms with Gasteiger partial charge in [0.2, 0.25) is 0 Å². The van der Waals surface area contributed by atoms with Crippen molar-refractivity contribution in [2.45, 2.75) is 24.9 Å². The van der Waals surface area contributed by atoms with E-state index in [-0.39, 0.29) is 0 Å². The van der Waals surface area contributed by atoms with E-state index in [1.165, 1.54) is 0 Å². The van der Waals surface area contributed by atoms with E-state index in [2.05, 4.69) is 0 Å². The van der Waals surface area contributed by atoms with Crippen molar-refractivity contribution < 1.29 is 19.8 Å². The maximum Gasteiger partial charge on any atom is 0.320 e. The molecule has 0 unspecified atom stereocenters. The van der Waals surface area contributed by atoms with Crippen LogP contribution in [0.15, 0.2) is 0 Å². The average molecular weight is 298 g/mol. The lowest BCUT2D eigenvalue weighted by molar-refractivity contribution is -0.139. The summed E-state index contributed by atoms with van der Waals surface area (Å²) in [7, 11) is 0. The highest BCUT2D eigenvalue weighted by Gasteiger charge is 2.09. The molecular formula is C10H22N2O4S2. The van der Waals surface area contributed by atoms with Crippen LogP contribution in [0.1, 0.15) is 12.8 Å². The lowest BCUT2D eigenvalue weighted by Crippen LogP contribution is -2.30. The fourth-order valence-corrected chi connectivity index (χ4v) is 1.72. The van der Waals surface area contributed by atoms with E-state index in [0.29, 0.717) is 12.8 Å². The van der Waals surface area contributed by atoms with Gasteiger partial charge in [-0.15, -0.1) is 0 Å². The summed E-state index contributed by atoms with van der Waals surface area (Å²) in [6, 6.07) is -1.37. The lowest BCUT2D eigenvalue weighted by Gasteiger charge is -2.02. The van der Waals surface area contributed by atoms with Crippen molar-refractivity contribution >= 4 is 35.5 Å². The molecule has 0 saturated carbocycles. The highest BCUT2D eigenvalue weighted by atomic mass is 32.2. The van der Waals surface area contributed by atoms with Crippen LogP contribution in [0.3, 0.4) is 0 Å². The maximum atomic E-state index is 10.1. The number of hydrogen-bond acceptors (Lipinski definition) is 6. The molecule has 0 radical (unpaired) electrons. The van der Waals surface area contributed by atoms with Gasteiger partial charge in [0.25, 0.3) is 0 Å². The Hall–Kier alpha value is -0.440. The number of thioether (sulfide) groups is 2. The topological polar surface area (TPSA) is 127 Å². The smallest absolute Gasteiger partial charge is 0.320 e. The molecule has 0 amide bonds. The number of rotatable bonds is 8. The number of carboxylic acids is 2. The van der Waals surface area contributed by atoms with E-state index in [1.807, 2.05) is 12.5 Å². The summed E-state index contributed by atoms with van der Waals surface area (Å²) in [5.41, 5.74) is 10.4. The Morgan fingerprint density at radius 2 is 1.22 bits per heavy atom. The van der Waals surface area contributed by atoms with Gasteiger partial charge in [0.1, 0.15) is 12.1 Å². The first kappa shape index (κ1) is 19.9. The van der Waals surface area contributed by atoms with E-state index in [0.717, 1.165) is 11.5 Å². The monoisotopic (exact) mass is 298 g/mol. The van der Waals surface area contributed by atoms with Crippen LogP contribution in [-0.4, -0.2) is 58.3 Å². The fourth-order valence-electron chi connectivity index (χ4n) is 0.737. The molecule has 0 aliphatic heterocycles. The Balaban J connectivity index is 0. The summed E-state index contributed by atoms with van der Waals surface area (Å²) in [6.45, 7) is 0. The second-order valence-electron chi connectivity index (χ2n) is 3.45. The summed E-state index contributed by atoms with van der Waals surface area (Å²) < 4.78 is 0. The molecule has 0 aromatic rings. The van der Waals surface area contributed by atoms with Crippen LogP contribution in [0.4, 0.5) is 0 Å². The molecule has 18 heavy (non-hydrogen) atoms. The van der Waals surface area contributed by atoms with Crippen LogP contribution in [0.25, 0.3) is 0 Å². The van der Waals surface area contributed by atoms with Crippen LogP contribution in [0.5, 0.6) is 0 Å². The molecule has 0 aliphatic rings. The number of hydrogen-bond donors (Lipinski definition) is 4. The van der Waals surface area contributed by atoms with Crippen molar-refractivity contribution in [3.05, 3.63) is 0 Å². The zero-order valence-electron chi connectivity index (χ0n) is 10.7. The molecule has 108 valence electrons. The molecule has 0 bridgehead atoms. The van der Waals surface area contributed by atoms with Gasteiger partial charge in [-0.1, -0.05) is 0 Å². The first-order chi connectivity index (χ1) is 8.36. The van der Waals surface area contributed by atoms with Gasteiger partial charge in [0.05, 0.1) is 0 Å². The Kier molecular flexibility index (Phi) is 14.4. The molecule has 0 saturated heterocycles. The normalized spacial score (nSPS) is 13.1. The standard InChI is InChI=1S/2C5H11NO2S/c2*1-9-3-2-4(6)5(7)8/h2*4H,2-3,6H2,1H3,(H,7,8)/t2*4-/m10/s1. The van der Waals surface area contributed by atoms with Gasteiger partial charge in [0.15, 0.2) is 0 Å². The van der Waals surface area contributed by atoms with E-state index in [1.54, 1.807) is 23.5 Å². The third-order valence-corrected chi connectivity index (χ3v) is 3.19. The van der Waals surface area contributed by atoms with Crippen LogP contribution in [-0.2, 0) is 9.59 Å². The lowest BCUT2D eigenvalue weighted by atomic mass is 10.2. The van der Waals surface area contributed by atoms with Crippen LogP contribution in [0.2, 0.25) is 0 Å². The van der Waals surface area contributed by atoms with E-state index < -0.39 is 24.0 Å². The van der Waals surface area contributed by atoms with Gasteiger partial charge in [-0.25, -0.2) is 0 Å². The van der Waals surface area contributed by atoms with E-state index in [9.17, 15) is 9.59 Å². The largest absolute Gasteiger partial charge is 0.480 e. The summed E-state index contributed by atoms with van der Waals surface area (Å²) in [5.74, 6) is -0.200. The van der Waals surface area contributed by atoms with Crippen molar-refractivity contribution in [1.29, 1.82) is 0 Å². The molecule has 8 heteroatoms. The zero-order chi connectivity index (χ0) is 14.6. The molecule has 0 spiro atoms. The Bertz CT molecular complexity index is 218. The minimum atomic E-state index is -0.913. The number of nitrogens with two attached hydrogens (primary N) is 2. The molecule has 0 aliphatic carbocycles. The van der Waals surface area contributed by atoms with Crippen molar-refractivity contribution in [2.75, 3.05) is 24.0 Å². The molecule has 6 nitrogen and oxygen atoms in total. The first-order valence-corrected chi connectivity index (χ1v) is 8.10. The molecule has 6 N–H and O–H groups in total. The van der Waals surface area contributed by atoms with Gasteiger partial charge in [-0.2, -0.15) is 23.5 Å². The second-order valence-corrected chi connectivity index (χ2v) is 5.42. The van der Waals surface area contributed by atoms with Crippen molar-refractivity contribution in [3.8, 4) is 0 Å². The van der Waals surface area contributed by atoms with Gasteiger partial charge in [-0.3, -0.25) is 9.59 Å². The quantitative estimate of drug-likeness (QED) is 0.504. The van der Waals surface area contributed by atoms with Gasteiger partial charge in [-0.05, 0) is 36.9 Å². The minimum absolute atomic E-state index is 0.552. The molecule has 0 aromatic carbocycles. The molecule has 0 aromatic heterocycles. The Labute approximate surface area is 116 Å². The second kappa shape index (κ2) is 13.0. The summed E-state index contributed by atoms with van der Waals surface area (Å²) in [4.78, 5) is 20.1. The third-order valence-electron chi connectivity index (χ3n) is 1.90. The summed E-state index contributed by atoms with van der Waals surface area (Å²) in [5, 5.41) is 16.5. The van der Waals surface area contributed by atoms with Gasteiger partial charge < -0.3 is 21.7 Å². The molecular weight excluding hydrogens is 276 g/mol. The third kappa shape index (κ3) is 13.6. The molecule has 2 atom stereocenters. The zero-order valence-corrected chi connectivity index (χ0v) is 12.3. The number of carbonyl (C=O) groups is 2. The Morgan fingerprint density at radius 1 is 0.944 bits per heavy atom. The van der Waals surface area contributed by atoms with Crippen LogP contribution < -0.4 is 11.5 Å². The predicted molar refractivity (Wildman–Crippen MR) is 77.2 cm³/mol. The SMILES string of the molecule is CSCC[C@@H](N)C(=O)O.CSCC[C@H](N)C(=O)O. The van der Waals surface area contributed by atoms with Gasteiger partial charge >= 0.3 is 11.9 Å². The van der Waals surface area contributed by atoms with Crippen molar-refractivity contribution in [1.82, 2.24) is 0 Å². The minimum Gasteiger partial charge on any atom is -0.480 e. The van der Waals surface area contributed by atoms with Gasteiger partial charge in [0, 0.05) is 0 Å². The Morgan fingerprint density at radius 3 is 1.39 bits per heavy atom. The highest BCUT2D eigenvalue weighted by molar-refractivity contribution is 7.98. The maximum absolute atomic E-state index is 10.1. The highest BCUT2D eigenvalue weighted by Crippen LogP contribution is 1.98. The van der Waals surface area contributed by atoms with Crippen molar-refractivity contribution in [3.63, 3.8) is 0 Å². The average Bonchev–Trinajstić information content (AvgIpc) is 2.33.